The molecule has 2 atom stereocenters. The third-order valence-corrected chi connectivity index (χ3v) is 4.83. The molecular weight excluding hydrogens is 282 g/mol. The minimum Gasteiger partial charge on any atom is -0.392 e. The van der Waals surface area contributed by atoms with Crippen molar-refractivity contribution in [3.8, 4) is 0 Å². The molecule has 124 valence electrons. The Balaban J connectivity index is 2.68. The van der Waals surface area contributed by atoms with Crippen LogP contribution in [0.3, 0.4) is 0 Å². The van der Waals surface area contributed by atoms with E-state index in [4.69, 9.17) is 0 Å². The first-order chi connectivity index (χ1) is 11.0. The van der Waals surface area contributed by atoms with Crippen molar-refractivity contribution in [2.24, 2.45) is 5.92 Å². The van der Waals surface area contributed by atoms with Crippen molar-refractivity contribution in [1.29, 1.82) is 0 Å². The van der Waals surface area contributed by atoms with Gasteiger partial charge >= 0.3 is 0 Å². The van der Waals surface area contributed by atoms with Gasteiger partial charge in [-0.1, -0.05) is 74.5 Å². The summed E-state index contributed by atoms with van der Waals surface area (Å²) in [5.74, 6) is 0.275. The van der Waals surface area contributed by atoms with E-state index in [9.17, 15) is 5.11 Å². The van der Waals surface area contributed by atoms with Crippen molar-refractivity contribution in [3.05, 3.63) is 71.8 Å². The molecule has 0 fully saturated rings. The van der Waals surface area contributed by atoms with E-state index in [0.29, 0.717) is 0 Å². The van der Waals surface area contributed by atoms with Gasteiger partial charge in [0.05, 0.1) is 6.10 Å². The first kappa shape index (κ1) is 17.7. The molecule has 0 unspecified atom stereocenters. The van der Waals surface area contributed by atoms with Gasteiger partial charge in [-0.15, -0.1) is 0 Å². The Labute approximate surface area is 140 Å². The minimum absolute atomic E-state index is 0.275. The lowest BCUT2D eigenvalue weighted by atomic mass is 9.62. The van der Waals surface area contributed by atoms with Crippen molar-refractivity contribution in [1.82, 2.24) is 4.90 Å². The van der Waals surface area contributed by atoms with Crippen LogP contribution in [0, 0.1) is 5.92 Å². The van der Waals surface area contributed by atoms with Gasteiger partial charge in [0.2, 0.25) is 0 Å². The first-order valence-electron chi connectivity index (χ1n) is 8.47. The van der Waals surface area contributed by atoms with Crippen LogP contribution in [0.1, 0.15) is 31.4 Å². The molecule has 2 heteroatoms. The zero-order valence-corrected chi connectivity index (χ0v) is 14.7. The maximum atomic E-state index is 11.1. The SMILES string of the molecule is CC[C@@H](O)C(c1ccccc1)(c1ccccc1)[C@@H](C)CN(C)C. The second-order valence-electron chi connectivity index (χ2n) is 6.69. The highest BCUT2D eigenvalue weighted by atomic mass is 16.3. The van der Waals surface area contributed by atoms with Gasteiger partial charge in [0, 0.05) is 12.0 Å². The number of rotatable bonds is 7. The third-order valence-electron chi connectivity index (χ3n) is 4.83. The normalized spacial score (nSPS) is 14.7. The molecule has 23 heavy (non-hydrogen) atoms. The average molecular weight is 311 g/mol. The summed E-state index contributed by atoms with van der Waals surface area (Å²) in [6.45, 7) is 5.23. The predicted molar refractivity (Wildman–Crippen MR) is 97.7 cm³/mol. The van der Waals surface area contributed by atoms with Crippen molar-refractivity contribution >= 4 is 0 Å². The fourth-order valence-electron chi connectivity index (χ4n) is 3.89. The van der Waals surface area contributed by atoms with Crippen LogP contribution in [-0.2, 0) is 5.41 Å². The summed E-state index contributed by atoms with van der Waals surface area (Å²) in [5, 5.41) is 11.1. The maximum Gasteiger partial charge on any atom is 0.0677 e. The zero-order valence-electron chi connectivity index (χ0n) is 14.7. The summed E-state index contributed by atoms with van der Waals surface area (Å²) >= 11 is 0. The van der Waals surface area contributed by atoms with Crippen LogP contribution in [0.2, 0.25) is 0 Å². The molecule has 0 aromatic heterocycles. The number of benzene rings is 2. The quantitative estimate of drug-likeness (QED) is 0.837. The fourth-order valence-corrected chi connectivity index (χ4v) is 3.89. The highest BCUT2D eigenvalue weighted by molar-refractivity contribution is 5.42. The van der Waals surface area contributed by atoms with Gasteiger partial charge in [0.25, 0.3) is 0 Å². The Bertz CT molecular complexity index is 540. The molecule has 0 saturated carbocycles. The van der Waals surface area contributed by atoms with Crippen LogP contribution in [0.15, 0.2) is 60.7 Å². The topological polar surface area (TPSA) is 23.5 Å². The van der Waals surface area contributed by atoms with E-state index in [0.717, 1.165) is 13.0 Å². The molecule has 2 rings (SSSR count). The van der Waals surface area contributed by atoms with Gasteiger partial charge in [0.15, 0.2) is 0 Å². The summed E-state index contributed by atoms with van der Waals surface area (Å²) in [6, 6.07) is 20.9. The van der Waals surface area contributed by atoms with Gasteiger partial charge in [-0.05, 0) is 37.6 Å². The van der Waals surface area contributed by atoms with Gasteiger partial charge in [0.1, 0.15) is 0 Å². The zero-order chi connectivity index (χ0) is 16.9. The van der Waals surface area contributed by atoms with Crippen molar-refractivity contribution in [3.63, 3.8) is 0 Å². The molecule has 0 amide bonds. The molecule has 0 radical (unpaired) electrons. The molecule has 0 spiro atoms. The van der Waals surface area contributed by atoms with Crippen LogP contribution in [0.25, 0.3) is 0 Å². The Kier molecular flexibility index (Phi) is 5.97. The molecule has 0 aliphatic heterocycles. The lowest BCUT2D eigenvalue weighted by Gasteiger charge is -2.45. The Morgan fingerprint density at radius 2 is 1.35 bits per heavy atom. The van der Waals surface area contributed by atoms with Gasteiger partial charge in [-0.2, -0.15) is 0 Å². The van der Waals surface area contributed by atoms with E-state index >= 15 is 0 Å². The number of hydrogen-bond donors (Lipinski definition) is 1. The lowest BCUT2D eigenvalue weighted by Crippen LogP contribution is -2.49. The molecule has 0 aliphatic rings. The van der Waals surface area contributed by atoms with Crippen LogP contribution >= 0.6 is 0 Å². The Hall–Kier alpha value is -1.64. The number of hydrogen-bond acceptors (Lipinski definition) is 2. The average Bonchev–Trinajstić information content (AvgIpc) is 2.56. The van der Waals surface area contributed by atoms with Gasteiger partial charge < -0.3 is 10.0 Å². The van der Waals surface area contributed by atoms with Gasteiger partial charge in [-0.25, -0.2) is 0 Å². The maximum absolute atomic E-state index is 11.1. The summed E-state index contributed by atoms with van der Waals surface area (Å²) < 4.78 is 0. The van der Waals surface area contributed by atoms with E-state index in [1.165, 1.54) is 11.1 Å². The van der Waals surface area contributed by atoms with Crippen molar-refractivity contribution < 1.29 is 5.11 Å². The Morgan fingerprint density at radius 1 is 0.913 bits per heavy atom. The highest BCUT2D eigenvalue weighted by Gasteiger charge is 2.45. The molecular formula is C21H29NO. The van der Waals surface area contributed by atoms with Gasteiger partial charge in [-0.3, -0.25) is 0 Å². The highest BCUT2D eigenvalue weighted by Crippen LogP contribution is 2.43. The van der Waals surface area contributed by atoms with E-state index in [-0.39, 0.29) is 5.92 Å². The molecule has 0 saturated heterocycles. The summed E-state index contributed by atoms with van der Waals surface area (Å²) in [6.07, 6.45) is 0.295. The number of aliphatic hydroxyl groups excluding tert-OH is 1. The van der Waals surface area contributed by atoms with E-state index < -0.39 is 11.5 Å². The van der Waals surface area contributed by atoms with E-state index in [2.05, 4.69) is 81.4 Å². The molecule has 1 N–H and O–H groups in total. The predicted octanol–water partition coefficient (Wildman–Crippen LogP) is 3.94. The van der Waals surface area contributed by atoms with Crippen molar-refractivity contribution in [2.75, 3.05) is 20.6 Å². The summed E-state index contributed by atoms with van der Waals surface area (Å²) in [5.41, 5.74) is 1.98. The summed E-state index contributed by atoms with van der Waals surface area (Å²) in [7, 11) is 4.19. The minimum atomic E-state index is -0.428. The monoisotopic (exact) mass is 311 g/mol. The van der Waals surface area contributed by atoms with E-state index in [1.807, 2.05) is 12.1 Å². The molecule has 2 aromatic carbocycles. The van der Waals surface area contributed by atoms with Crippen molar-refractivity contribution in [2.45, 2.75) is 31.8 Å². The lowest BCUT2D eigenvalue weighted by molar-refractivity contribution is 0.0580. The number of aliphatic hydroxyl groups is 1. The third kappa shape index (κ3) is 3.49. The van der Waals surface area contributed by atoms with Crippen LogP contribution in [0.4, 0.5) is 0 Å². The first-order valence-corrected chi connectivity index (χ1v) is 8.47. The smallest absolute Gasteiger partial charge is 0.0677 e. The second kappa shape index (κ2) is 7.76. The van der Waals surface area contributed by atoms with Crippen LogP contribution < -0.4 is 0 Å². The molecule has 2 nitrogen and oxygen atoms in total. The largest absolute Gasteiger partial charge is 0.392 e. The molecule has 0 bridgehead atoms. The van der Waals surface area contributed by atoms with Crippen LogP contribution in [-0.4, -0.2) is 36.8 Å². The molecule has 2 aromatic rings. The molecule has 0 aliphatic carbocycles. The summed E-state index contributed by atoms with van der Waals surface area (Å²) in [4.78, 5) is 2.20. The van der Waals surface area contributed by atoms with Crippen LogP contribution in [0.5, 0.6) is 0 Å². The standard InChI is InChI=1S/C21H29NO/c1-5-20(23)21(17(2)16-22(3)4,18-12-8-6-9-13-18)19-14-10-7-11-15-19/h6-15,17,20,23H,5,16H2,1-4H3/t17-,20+/m0/s1. The molecule has 0 heterocycles. The van der Waals surface area contributed by atoms with E-state index in [1.54, 1.807) is 0 Å². The fraction of sp³-hybridized carbons (Fsp3) is 0.429. The second-order valence-corrected chi connectivity index (χ2v) is 6.69. The Morgan fingerprint density at radius 3 is 1.70 bits per heavy atom. The number of nitrogens with zero attached hydrogens (tertiary/aromatic N) is 1.